The van der Waals surface area contributed by atoms with Gasteiger partial charge >= 0.3 is 0 Å². The van der Waals surface area contributed by atoms with Crippen molar-refractivity contribution in [2.24, 2.45) is 0 Å². The SMILES string of the molecule is Cc1cc(Br)c2c(ccn2SI)c1N. The van der Waals surface area contributed by atoms with E-state index in [1.165, 1.54) is 0 Å². The topological polar surface area (TPSA) is 30.9 Å². The lowest BCUT2D eigenvalue weighted by molar-refractivity contribution is 1.35. The van der Waals surface area contributed by atoms with Crippen LogP contribution in [0, 0.1) is 6.92 Å². The normalized spacial score (nSPS) is 11.1. The summed E-state index contributed by atoms with van der Waals surface area (Å²) in [6.07, 6.45) is 2.03. The number of benzene rings is 1. The summed E-state index contributed by atoms with van der Waals surface area (Å²) in [5.74, 6) is 0. The molecule has 0 bridgehead atoms. The van der Waals surface area contributed by atoms with Gasteiger partial charge in [-0.2, -0.15) is 0 Å². The zero-order valence-corrected chi connectivity index (χ0v) is 12.0. The van der Waals surface area contributed by atoms with E-state index in [0.29, 0.717) is 0 Å². The van der Waals surface area contributed by atoms with E-state index >= 15 is 0 Å². The zero-order chi connectivity index (χ0) is 10.3. The Morgan fingerprint density at radius 2 is 2.29 bits per heavy atom. The fraction of sp³-hybridized carbons (Fsp3) is 0.111. The molecule has 0 saturated carbocycles. The van der Waals surface area contributed by atoms with Gasteiger partial charge in [0.2, 0.25) is 0 Å². The molecule has 0 aliphatic rings. The predicted octanol–water partition coefficient (Wildman–Crippen LogP) is 4.14. The molecule has 0 unspecified atom stereocenters. The molecule has 0 saturated heterocycles. The molecule has 2 N–H and O–H groups in total. The molecule has 0 radical (unpaired) electrons. The average Bonchev–Trinajstić information content (AvgIpc) is 2.58. The summed E-state index contributed by atoms with van der Waals surface area (Å²) in [6, 6.07) is 4.11. The molecule has 14 heavy (non-hydrogen) atoms. The van der Waals surface area contributed by atoms with E-state index in [0.717, 1.165) is 26.6 Å². The predicted molar refractivity (Wildman–Crippen MR) is 75.8 cm³/mol. The molecule has 0 fully saturated rings. The smallest absolute Gasteiger partial charge is 0.0761 e. The fourth-order valence-corrected chi connectivity index (χ4v) is 3.69. The summed E-state index contributed by atoms with van der Waals surface area (Å²) < 4.78 is 3.18. The van der Waals surface area contributed by atoms with Gasteiger partial charge in [0, 0.05) is 52.1 Å². The summed E-state index contributed by atoms with van der Waals surface area (Å²) in [7, 11) is 1.63. The molecular formula is C9H8BrIN2S. The van der Waals surface area contributed by atoms with Crippen molar-refractivity contribution in [1.82, 2.24) is 3.97 Å². The van der Waals surface area contributed by atoms with Gasteiger partial charge in [-0.3, -0.25) is 3.97 Å². The van der Waals surface area contributed by atoms with E-state index in [2.05, 4.69) is 47.2 Å². The number of aromatic nitrogens is 1. The second kappa shape index (κ2) is 3.94. The van der Waals surface area contributed by atoms with Crippen LogP contribution in [0.3, 0.4) is 0 Å². The first kappa shape index (κ1) is 10.6. The van der Waals surface area contributed by atoms with Gasteiger partial charge in [0.1, 0.15) is 0 Å². The lowest BCUT2D eigenvalue weighted by Crippen LogP contribution is -1.91. The summed E-state index contributed by atoms with van der Waals surface area (Å²) in [6.45, 7) is 2.02. The fourth-order valence-electron chi connectivity index (χ4n) is 1.47. The van der Waals surface area contributed by atoms with Gasteiger partial charge in [-0.25, -0.2) is 0 Å². The first-order valence-corrected chi connectivity index (χ1v) is 8.10. The number of nitrogens with two attached hydrogens (primary N) is 1. The van der Waals surface area contributed by atoms with Crippen LogP contribution in [0.25, 0.3) is 10.9 Å². The molecule has 74 valence electrons. The van der Waals surface area contributed by atoms with Crippen LogP contribution in [0.15, 0.2) is 22.8 Å². The second-order valence-corrected chi connectivity index (χ2v) is 5.63. The maximum Gasteiger partial charge on any atom is 0.0761 e. The van der Waals surface area contributed by atoms with Crippen LogP contribution in [0.2, 0.25) is 0 Å². The van der Waals surface area contributed by atoms with E-state index < -0.39 is 0 Å². The number of fused-ring (bicyclic) bond motifs is 1. The van der Waals surface area contributed by atoms with Crippen LogP contribution in [0.1, 0.15) is 5.56 Å². The molecule has 2 rings (SSSR count). The monoisotopic (exact) mass is 382 g/mol. The van der Waals surface area contributed by atoms with Gasteiger partial charge in [-0.1, -0.05) is 0 Å². The Morgan fingerprint density at radius 1 is 1.57 bits per heavy atom. The summed E-state index contributed by atoms with van der Waals surface area (Å²) >= 11 is 5.81. The number of nitrogens with zero attached hydrogens (tertiary/aromatic N) is 1. The number of aryl methyl sites for hydroxylation is 1. The Labute approximate surface area is 107 Å². The average molecular weight is 383 g/mol. The number of anilines is 1. The van der Waals surface area contributed by atoms with Crippen LogP contribution in [0.4, 0.5) is 5.69 Å². The third kappa shape index (κ3) is 1.55. The molecule has 0 aliphatic heterocycles. The molecular weight excluding hydrogens is 375 g/mol. The standard InChI is InChI=1S/C9H8BrIN2S/c1-5-4-7(10)9-6(8(5)12)2-3-13(9)14-11/h2-4H,12H2,1H3. The Hall–Kier alpha value is 0.120. The number of halogens is 2. The van der Waals surface area contributed by atoms with Gasteiger partial charge in [-0.05, 0) is 40.5 Å². The molecule has 0 amide bonds. The van der Waals surface area contributed by atoms with Crippen molar-refractivity contribution >= 4 is 62.8 Å². The molecule has 1 aromatic heterocycles. The summed E-state index contributed by atoms with van der Waals surface area (Å²) in [4.78, 5) is 0. The minimum atomic E-state index is 0.868. The van der Waals surface area contributed by atoms with Crippen molar-refractivity contribution in [3.8, 4) is 0 Å². The Bertz CT molecular complexity index is 495. The number of rotatable bonds is 1. The lowest BCUT2D eigenvalue weighted by Gasteiger charge is -2.06. The van der Waals surface area contributed by atoms with Crippen LogP contribution < -0.4 is 5.73 Å². The highest BCUT2D eigenvalue weighted by Crippen LogP contribution is 2.35. The quantitative estimate of drug-likeness (QED) is 0.593. The van der Waals surface area contributed by atoms with E-state index in [1.807, 2.05) is 19.2 Å². The van der Waals surface area contributed by atoms with Crippen molar-refractivity contribution in [3.05, 3.63) is 28.4 Å². The number of hydrogen-bond donors (Lipinski definition) is 1. The first-order valence-electron chi connectivity index (χ1n) is 4.00. The third-order valence-corrected chi connectivity index (χ3v) is 4.54. The van der Waals surface area contributed by atoms with E-state index in [9.17, 15) is 0 Å². The maximum atomic E-state index is 6.01. The second-order valence-electron chi connectivity index (χ2n) is 3.06. The van der Waals surface area contributed by atoms with E-state index in [-0.39, 0.29) is 0 Å². The molecule has 1 aromatic carbocycles. The van der Waals surface area contributed by atoms with Crippen LogP contribution in [0.5, 0.6) is 0 Å². The molecule has 2 nitrogen and oxygen atoms in total. The first-order chi connectivity index (χ1) is 6.65. The van der Waals surface area contributed by atoms with Gasteiger partial charge in [0.25, 0.3) is 0 Å². The van der Waals surface area contributed by atoms with Crippen molar-refractivity contribution in [1.29, 1.82) is 0 Å². The van der Waals surface area contributed by atoms with Gasteiger partial charge in [-0.15, -0.1) is 0 Å². The van der Waals surface area contributed by atoms with E-state index in [1.54, 1.807) is 9.12 Å². The summed E-state index contributed by atoms with van der Waals surface area (Å²) in [5, 5.41) is 1.11. The Morgan fingerprint density at radius 3 is 2.93 bits per heavy atom. The van der Waals surface area contributed by atoms with Crippen molar-refractivity contribution < 1.29 is 0 Å². The van der Waals surface area contributed by atoms with Crippen molar-refractivity contribution in [3.63, 3.8) is 0 Å². The highest BCUT2D eigenvalue weighted by Gasteiger charge is 2.09. The highest BCUT2D eigenvalue weighted by molar-refractivity contribution is 14.2. The molecule has 0 atom stereocenters. The van der Waals surface area contributed by atoms with Gasteiger partial charge in [0.05, 0.1) is 5.52 Å². The van der Waals surface area contributed by atoms with Crippen molar-refractivity contribution in [2.45, 2.75) is 6.92 Å². The lowest BCUT2D eigenvalue weighted by atomic mass is 10.1. The minimum Gasteiger partial charge on any atom is -0.398 e. The van der Waals surface area contributed by atoms with Crippen molar-refractivity contribution in [2.75, 3.05) is 5.73 Å². The Kier molecular flexibility index (Phi) is 2.99. The zero-order valence-electron chi connectivity index (χ0n) is 7.42. The molecule has 1 heterocycles. The largest absolute Gasteiger partial charge is 0.398 e. The molecule has 0 spiro atoms. The van der Waals surface area contributed by atoms with Gasteiger partial charge in [0.15, 0.2) is 0 Å². The van der Waals surface area contributed by atoms with Gasteiger partial charge < -0.3 is 5.73 Å². The maximum absolute atomic E-state index is 6.01. The number of hydrogen-bond acceptors (Lipinski definition) is 2. The van der Waals surface area contributed by atoms with E-state index in [4.69, 9.17) is 5.73 Å². The summed E-state index contributed by atoms with van der Waals surface area (Å²) in [5.41, 5.74) is 9.13. The molecule has 5 heteroatoms. The molecule has 2 aromatic rings. The highest BCUT2D eigenvalue weighted by atomic mass is 127. The van der Waals surface area contributed by atoms with Crippen LogP contribution in [-0.4, -0.2) is 3.97 Å². The third-order valence-electron chi connectivity index (χ3n) is 2.21. The number of nitrogen functional groups attached to an aromatic ring is 1. The Balaban J connectivity index is 2.90. The van der Waals surface area contributed by atoms with Crippen LogP contribution in [-0.2, 0) is 0 Å². The van der Waals surface area contributed by atoms with Crippen LogP contribution >= 0.6 is 46.3 Å². The minimum absolute atomic E-state index is 0.868. The molecule has 0 aliphatic carbocycles.